The van der Waals surface area contributed by atoms with Crippen LogP contribution in [-0.2, 0) is 0 Å². The minimum atomic E-state index is 0.664. The van der Waals surface area contributed by atoms with Gasteiger partial charge in [-0.25, -0.2) is 0 Å². The molecule has 0 saturated carbocycles. The molecule has 0 fully saturated rings. The van der Waals surface area contributed by atoms with Gasteiger partial charge in [0.25, 0.3) is 0 Å². The normalized spacial score (nSPS) is 18.2. The number of hydrogen-bond donors (Lipinski definition) is 0. The Balaban J connectivity index is 4.23. The van der Waals surface area contributed by atoms with Crippen molar-refractivity contribution in [1.82, 2.24) is 0 Å². The summed E-state index contributed by atoms with van der Waals surface area (Å²) in [6.07, 6.45) is 12.2. The van der Waals surface area contributed by atoms with Gasteiger partial charge in [0, 0.05) is 0 Å². The molecule has 0 rings (SSSR count). The second-order valence-electron chi connectivity index (χ2n) is 8.42. The van der Waals surface area contributed by atoms with E-state index in [1.54, 1.807) is 0 Å². The molecular weight excluding hydrogens is 276 g/mol. The molecule has 0 spiro atoms. The summed E-state index contributed by atoms with van der Waals surface area (Å²) in [5.74, 6) is 3.92. The van der Waals surface area contributed by atoms with E-state index in [9.17, 15) is 0 Å². The fraction of sp³-hybridized carbons (Fsp3) is 0.913. The largest absolute Gasteiger partial charge is 0.0996 e. The van der Waals surface area contributed by atoms with Crippen LogP contribution in [0.2, 0.25) is 0 Å². The molecule has 0 aliphatic rings. The van der Waals surface area contributed by atoms with E-state index in [-0.39, 0.29) is 0 Å². The van der Waals surface area contributed by atoms with Crippen LogP contribution in [0.5, 0.6) is 0 Å². The molecule has 0 bridgehead atoms. The maximum atomic E-state index is 4.45. The first-order chi connectivity index (χ1) is 10.8. The Bertz CT molecular complexity index is 290. The van der Waals surface area contributed by atoms with E-state index in [0.29, 0.717) is 5.92 Å². The van der Waals surface area contributed by atoms with Crippen LogP contribution in [0.4, 0.5) is 0 Å². The standard InChI is InChI=1S/C23H46/c1-9-11-13-15-19(4)21(6)23(8)22(7)20(5)17-16-18(3)14-12-10-2/h18-19,21-23H,5,9-17H2,1-4,6-8H3. The smallest absolute Gasteiger partial charge is 0.0206 e. The van der Waals surface area contributed by atoms with E-state index in [0.717, 1.165) is 23.7 Å². The van der Waals surface area contributed by atoms with E-state index in [1.807, 2.05) is 0 Å². The van der Waals surface area contributed by atoms with Crippen molar-refractivity contribution in [3.63, 3.8) is 0 Å². The van der Waals surface area contributed by atoms with E-state index in [2.05, 4.69) is 55.0 Å². The van der Waals surface area contributed by atoms with Crippen LogP contribution < -0.4 is 0 Å². The maximum Gasteiger partial charge on any atom is -0.0206 e. The summed E-state index contributed by atoms with van der Waals surface area (Å²) in [6, 6.07) is 0. The van der Waals surface area contributed by atoms with Crippen molar-refractivity contribution >= 4 is 0 Å². The molecule has 23 heavy (non-hydrogen) atoms. The Morgan fingerprint density at radius 3 is 1.91 bits per heavy atom. The van der Waals surface area contributed by atoms with Crippen LogP contribution in [0.3, 0.4) is 0 Å². The molecule has 0 radical (unpaired) electrons. The maximum absolute atomic E-state index is 4.45. The van der Waals surface area contributed by atoms with Crippen molar-refractivity contribution in [2.24, 2.45) is 29.6 Å². The molecule has 0 heterocycles. The van der Waals surface area contributed by atoms with Gasteiger partial charge in [0.2, 0.25) is 0 Å². The van der Waals surface area contributed by atoms with Gasteiger partial charge in [-0.2, -0.15) is 0 Å². The first-order valence-corrected chi connectivity index (χ1v) is 10.5. The van der Waals surface area contributed by atoms with Gasteiger partial charge in [-0.1, -0.05) is 106 Å². The minimum absolute atomic E-state index is 0.664. The average molecular weight is 323 g/mol. The molecule has 0 amide bonds. The first kappa shape index (κ1) is 22.7. The van der Waals surface area contributed by atoms with Crippen molar-refractivity contribution in [2.75, 3.05) is 0 Å². The Hall–Kier alpha value is -0.260. The number of rotatable bonds is 14. The fourth-order valence-corrected chi connectivity index (χ4v) is 3.68. The predicted octanol–water partition coefficient (Wildman–Crippen LogP) is 8.27. The van der Waals surface area contributed by atoms with Crippen LogP contribution in [0.1, 0.15) is 106 Å². The Morgan fingerprint density at radius 1 is 0.739 bits per heavy atom. The predicted molar refractivity (Wildman–Crippen MR) is 108 cm³/mol. The zero-order chi connectivity index (χ0) is 17.8. The van der Waals surface area contributed by atoms with Crippen molar-refractivity contribution in [3.05, 3.63) is 12.2 Å². The SMILES string of the molecule is C=C(CCC(C)CCCC)C(C)C(C)C(C)C(C)CCCCC. The molecule has 0 aliphatic carbocycles. The van der Waals surface area contributed by atoms with Crippen molar-refractivity contribution in [2.45, 2.75) is 106 Å². The fourth-order valence-electron chi connectivity index (χ4n) is 3.68. The van der Waals surface area contributed by atoms with Gasteiger partial charge in [-0.05, 0) is 42.4 Å². The van der Waals surface area contributed by atoms with Gasteiger partial charge in [-0.15, -0.1) is 0 Å². The summed E-state index contributed by atoms with van der Waals surface area (Å²) in [4.78, 5) is 0. The third-order valence-corrected chi connectivity index (χ3v) is 6.43. The third kappa shape index (κ3) is 9.58. The van der Waals surface area contributed by atoms with Gasteiger partial charge in [0.1, 0.15) is 0 Å². The summed E-state index contributed by atoms with van der Waals surface area (Å²) >= 11 is 0. The Labute approximate surface area is 148 Å². The van der Waals surface area contributed by atoms with E-state index < -0.39 is 0 Å². The zero-order valence-corrected chi connectivity index (χ0v) is 17.5. The molecule has 138 valence electrons. The van der Waals surface area contributed by atoms with Crippen molar-refractivity contribution in [3.8, 4) is 0 Å². The lowest BCUT2D eigenvalue weighted by atomic mass is 9.73. The second kappa shape index (κ2) is 13.1. The van der Waals surface area contributed by atoms with Crippen LogP contribution in [-0.4, -0.2) is 0 Å². The highest BCUT2D eigenvalue weighted by molar-refractivity contribution is 5.01. The molecule has 5 atom stereocenters. The molecule has 0 aliphatic heterocycles. The van der Waals surface area contributed by atoms with Crippen LogP contribution in [0.25, 0.3) is 0 Å². The molecule has 0 heteroatoms. The lowest BCUT2D eigenvalue weighted by Gasteiger charge is -2.32. The Morgan fingerprint density at radius 2 is 1.35 bits per heavy atom. The average Bonchev–Trinajstić information content (AvgIpc) is 2.55. The lowest BCUT2D eigenvalue weighted by molar-refractivity contribution is 0.216. The zero-order valence-electron chi connectivity index (χ0n) is 17.5. The molecule has 0 N–H and O–H groups in total. The Kier molecular flexibility index (Phi) is 12.9. The van der Waals surface area contributed by atoms with Gasteiger partial charge in [0.05, 0.1) is 0 Å². The molecule has 0 aromatic heterocycles. The summed E-state index contributed by atoms with van der Waals surface area (Å²) in [5.41, 5.74) is 1.49. The van der Waals surface area contributed by atoms with Crippen molar-refractivity contribution < 1.29 is 0 Å². The summed E-state index contributed by atoms with van der Waals surface area (Å²) in [5, 5.41) is 0. The topological polar surface area (TPSA) is 0 Å². The summed E-state index contributed by atoms with van der Waals surface area (Å²) in [6.45, 7) is 21.2. The first-order valence-electron chi connectivity index (χ1n) is 10.5. The number of hydrogen-bond acceptors (Lipinski definition) is 0. The van der Waals surface area contributed by atoms with Gasteiger partial charge < -0.3 is 0 Å². The van der Waals surface area contributed by atoms with Gasteiger partial charge >= 0.3 is 0 Å². The highest BCUT2D eigenvalue weighted by Gasteiger charge is 2.25. The monoisotopic (exact) mass is 322 g/mol. The number of unbranched alkanes of at least 4 members (excludes halogenated alkanes) is 3. The van der Waals surface area contributed by atoms with Crippen molar-refractivity contribution in [1.29, 1.82) is 0 Å². The minimum Gasteiger partial charge on any atom is -0.0996 e. The molecule has 0 aromatic rings. The molecule has 0 aromatic carbocycles. The van der Waals surface area contributed by atoms with E-state index in [1.165, 1.54) is 63.4 Å². The van der Waals surface area contributed by atoms with Crippen LogP contribution in [0, 0.1) is 29.6 Å². The molecule has 0 nitrogen and oxygen atoms in total. The quantitative estimate of drug-likeness (QED) is 0.223. The lowest BCUT2D eigenvalue weighted by Crippen LogP contribution is -2.23. The number of allylic oxidation sites excluding steroid dienone is 1. The van der Waals surface area contributed by atoms with Gasteiger partial charge in [0.15, 0.2) is 0 Å². The third-order valence-electron chi connectivity index (χ3n) is 6.43. The van der Waals surface area contributed by atoms with E-state index >= 15 is 0 Å². The summed E-state index contributed by atoms with van der Waals surface area (Å²) in [7, 11) is 0. The molecule has 0 saturated heterocycles. The highest BCUT2D eigenvalue weighted by Crippen LogP contribution is 2.34. The van der Waals surface area contributed by atoms with Crippen LogP contribution >= 0.6 is 0 Å². The highest BCUT2D eigenvalue weighted by atomic mass is 14.3. The van der Waals surface area contributed by atoms with E-state index in [4.69, 9.17) is 0 Å². The second-order valence-corrected chi connectivity index (χ2v) is 8.42. The molecule has 5 unspecified atom stereocenters. The molecular formula is C23H46. The summed E-state index contributed by atoms with van der Waals surface area (Å²) < 4.78 is 0. The van der Waals surface area contributed by atoms with Gasteiger partial charge in [-0.3, -0.25) is 0 Å². The van der Waals surface area contributed by atoms with Crippen LogP contribution in [0.15, 0.2) is 12.2 Å².